The molecule has 4 heteroatoms. The van der Waals surface area contributed by atoms with Crippen LogP contribution in [0.25, 0.3) is 0 Å². The topological polar surface area (TPSA) is 0 Å². The van der Waals surface area contributed by atoms with Crippen LogP contribution in [0.15, 0.2) is 0 Å². The van der Waals surface area contributed by atoms with Crippen LogP contribution >= 0.6 is 25.1 Å². The molecule has 0 rings (SSSR count). The first-order valence-corrected chi connectivity index (χ1v) is 2.23. The quantitative estimate of drug-likeness (QED) is 0.480. The normalized spacial score (nSPS) is 1.50. The summed E-state index contributed by atoms with van der Waals surface area (Å²) in [5.74, 6) is 0. The van der Waals surface area contributed by atoms with Crippen LogP contribution in [-0.2, 0) is 22.4 Å². The Labute approximate surface area is 63.9 Å². The predicted octanol–water partition coefficient (Wildman–Crippen LogP) is -1.46. The summed E-state index contributed by atoms with van der Waals surface area (Å²) in [7, 11) is 4.45. The zero-order valence-electron chi connectivity index (χ0n) is 1.44. The smallest absolute Gasteiger partial charge is 1.00 e. The third-order valence-electron chi connectivity index (χ3n) is 0. The molecule has 0 aliphatic rings. The number of hydrogen-bond donors (Lipinski definition) is 0. The number of halogens is 3. The van der Waals surface area contributed by atoms with Crippen molar-refractivity contribution in [3.63, 3.8) is 0 Å². The van der Waals surface area contributed by atoms with Gasteiger partial charge in [0.2, 0.25) is 0 Å². The molecule has 0 saturated heterocycles. The molecule has 0 aliphatic heterocycles. The summed E-state index contributed by atoms with van der Waals surface area (Å²) in [6.45, 7) is 0. The van der Waals surface area contributed by atoms with E-state index in [4.69, 9.17) is 0 Å². The van der Waals surface area contributed by atoms with Crippen LogP contribution < -0.4 is 17.0 Å². The van der Waals surface area contributed by atoms with Gasteiger partial charge >= 0.3 is 22.4 Å². The van der Waals surface area contributed by atoms with E-state index in [-0.39, 0.29) is 39.4 Å². The van der Waals surface area contributed by atoms with Crippen LogP contribution in [0, 0.1) is 0 Å². The molecule has 0 spiro atoms. The van der Waals surface area contributed by atoms with Gasteiger partial charge in [-0.3, -0.25) is 0 Å². The van der Waals surface area contributed by atoms with Gasteiger partial charge in [-0.2, -0.15) is 0 Å². The summed E-state index contributed by atoms with van der Waals surface area (Å²) in [5.41, 5.74) is 0. The van der Waals surface area contributed by atoms with Crippen molar-refractivity contribution >= 4 is 25.1 Å². The van der Waals surface area contributed by atoms with Crippen LogP contribution in [0.3, 0.4) is 0 Å². The Morgan fingerprint density at radius 1 is 1.25 bits per heavy atom. The maximum atomic E-state index is 4.45. The Balaban J connectivity index is -0.00000000500. The van der Waals surface area contributed by atoms with Gasteiger partial charge in [0.05, 0.1) is 0 Å². The van der Waals surface area contributed by atoms with Crippen molar-refractivity contribution in [2.75, 3.05) is 0 Å². The van der Waals surface area contributed by atoms with Crippen molar-refractivity contribution < 1.29 is 39.4 Å². The van der Waals surface area contributed by atoms with E-state index in [2.05, 4.69) is 25.1 Å². The molecule has 0 saturated carbocycles. The molecule has 0 N–H and O–H groups in total. The van der Waals surface area contributed by atoms with Gasteiger partial charge in [-0.15, -0.1) is 0 Å². The molecule has 0 fully saturated rings. The molecule has 4 heavy (non-hydrogen) atoms. The average molecular weight is 303 g/mol. The van der Waals surface area contributed by atoms with E-state index in [1.807, 2.05) is 0 Å². The molecule has 0 aromatic carbocycles. The van der Waals surface area contributed by atoms with E-state index in [0.29, 0.717) is 0 Å². The molecule has 0 atom stereocenters. The van der Waals surface area contributed by atoms with Crippen LogP contribution in [0.2, 0.25) is 0 Å². The van der Waals surface area contributed by atoms with Crippen molar-refractivity contribution in [3.05, 3.63) is 0 Å². The first-order valence-electron chi connectivity index (χ1n) is 0.143. The summed E-state index contributed by atoms with van der Waals surface area (Å²) in [4.78, 5) is 0. The van der Waals surface area contributed by atoms with E-state index < -0.39 is 0 Å². The number of hydrogen-bond acceptors (Lipinski definition) is 0. The van der Waals surface area contributed by atoms with E-state index in [1.54, 1.807) is 0 Å². The van der Waals surface area contributed by atoms with Crippen LogP contribution in [0.4, 0.5) is 0 Å². The summed E-state index contributed by atoms with van der Waals surface area (Å²) in [5, 5.41) is 0. The van der Waals surface area contributed by atoms with Crippen molar-refractivity contribution in [1.29, 1.82) is 0 Å². The fourth-order valence-electron chi connectivity index (χ4n) is 0. The summed E-state index contributed by atoms with van der Waals surface area (Å²) in [6, 6.07) is 0. The molecule has 32 valence electrons. The second-order valence-electron chi connectivity index (χ2n) is 0. The SMILES string of the molecule is ClBr.[Ag+].[Br-]. The first-order chi connectivity index (χ1) is 1.00. The summed E-state index contributed by atoms with van der Waals surface area (Å²) in [6.07, 6.45) is 0. The fraction of sp³-hybridized carbons (Fsp3) is 0. The van der Waals surface area contributed by atoms with E-state index in [1.165, 1.54) is 0 Å². The van der Waals surface area contributed by atoms with Crippen molar-refractivity contribution in [1.82, 2.24) is 0 Å². The largest absolute Gasteiger partial charge is 1.00 e. The Kier molecular flexibility index (Phi) is 83.7. The molecule has 0 unspecified atom stereocenters. The summed E-state index contributed by atoms with van der Waals surface area (Å²) < 4.78 is 0. The van der Waals surface area contributed by atoms with Gasteiger partial charge in [0.15, 0.2) is 0 Å². The molecule has 0 heterocycles. The Bertz CT molecular complexity index is 6.00. The minimum atomic E-state index is 0. The van der Waals surface area contributed by atoms with Gasteiger partial charge in [0.25, 0.3) is 0 Å². The Hall–Kier alpha value is 1.99. The molecule has 0 radical (unpaired) electrons. The zero-order valence-corrected chi connectivity index (χ0v) is 6.85. The monoisotopic (exact) mass is 300 g/mol. The standard InChI is InChI=1S/Ag.BrCl.BrH/c;1-2;/h;;1H/q+1;;/p-1. The van der Waals surface area contributed by atoms with Gasteiger partial charge in [-0.25, -0.2) is 0 Å². The van der Waals surface area contributed by atoms with Crippen LogP contribution in [-0.4, -0.2) is 0 Å². The number of rotatable bonds is 0. The predicted molar refractivity (Wildman–Crippen MR) is 14.8 cm³/mol. The summed E-state index contributed by atoms with van der Waals surface area (Å²) >= 11 is 2.41. The van der Waals surface area contributed by atoms with Gasteiger partial charge in [-0.05, 0) is 10.1 Å². The third kappa shape index (κ3) is 9.01. The van der Waals surface area contributed by atoms with Crippen LogP contribution in [0.5, 0.6) is 0 Å². The molecule has 0 aromatic rings. The molecule has 0 amide bonds. The zero-order chi connectivity index (χ0) is 2.00. The Morgan fingerprint density at radius 3 is 1.25 bits per heavy atom. The van der Waals surface area contributed by atoms with Gasteiger partial charge in [-0.1, -0.05) is 0 Å². The fourth-order valence-corrected chi connectivity index (χ4v) is 0. The minimum absolute atomic E-state index is 0. The minimum Gasteiger partial charge on any atom is -1.00 e. The van der Waals surface area contributed by atoms with Crippen molar-refractivity contribution in [3.8, 4) is 0 Å². The first kappa shape index (κ1) is 16.7. The van der Waals surface area contributed by atoms with Crippen molar-refractivity contribution in [2.45, 2.75) is 0 Å². The molecule has 0 bridgehead atoms. The molecule has 0 aliphatic carbocycles. The van der Waals surface area contributed by atoms with Crippen molar-refractivity contribution in [2.24, 2.45) is 0 Å². The Morgan fingerprint density at radius 2 is 1.25 bits per heavy atom. The van der Waals surface area contributed by atoms with E-state index >= 15 is 0 Å². The molecule has 0 nitrogen and oxygen atoms in total. The van der Waals surface area contributed by atoms with E-state index in [0.717, 1.165) is 0 Å². The van der Waals surface area contributed by atoms with Gasteiger partial charge in [0, 0.05) is 15.0 Å². The van der Waals surface area contributed by atoms with E-state index in [9.17, 15) is 0 Å². The molecule has 0 aromatic heterocycles. The molecular weight excluding hydrogens is 303 g/mol. The van der Waals surface area contributed by atoms with Gasteiger partial charge in [0.1, 0.15) is 0 Å². The molecular formula is AgBr2Cl. The van der Waals surface area contributed by atoms with Gasteiger partial charge < -0.3 is 17.0 Å². The third-order valence-corrected chi connectivity index (χ3v) is 0. The second kappa shape index (κ2) is 20.1. The maximum absolute atomic E-state index is 4.45. The average Bonchev–Trinajstić information content (AvgIpc) is 1.00. The second-order valence-corrected chi connectivity index (χ2v) is 0. The van der Waals surface area contributed by atoms with Crippen LogP contribution in [0.1, 0.15) is 0 Å². The maximum Gasteiger partial charge on any atom is 1.00 e.